The second-order valence-corrected chi connectivity index (χ2v) is 4.16. The lowest BCUT2D eigenvalue weighted by Gasteiger charge is -2.00. The van der Waals surface area contributed by atoms with E-state index in [1.807, 2.05) is 0 Å². The first-order valence-corrected chi connectivity index (χ1v) is 5.83. The summed E-state index contributed by atoms with van der Waals surface area (Å²) in [5, 5.41) is 13.0. The first-order valence-electron chi connectivity index (χ1n) is 5.83. The Labute approximate surface area is 114 Å². The number of amides is 2. The third-order valence-corrected chi connectivity index (χ3v) is 2.55. The highest BCUT2D eigenvalue weighted by molar-refractivity contribution is 6.06. The summed E-state index contributed by atoms with van der Waals surface area (Å²) < 4.78 is 2.87. The average molecular weight is 277 g/mol. The van der Waals surface area contributed by atoms with Crippen LogP contribution >= 0.6 is 0 Å². The van der Waals surface area contributed by atoms with Crippen molar-refractivity contribution in [3.8, 4) is 0 Å². The molecule has 0 radical (unpaired) electrons. The lowest BCUT2D eigenvalue weighted by atomic mass is 10.3. The first kappa shape index (κ1) is 13.6. The molecule has 0 unspecified atom stereocenters. The van der Waals surface area contributed by atoms with Crippen LogP contribution in [0, 0.1) is 0 Å². The number of hydrogen-bond donors (Lipinski definition) is 3. The fourth-order valence-electron chi connectivity index (χ4n) is 1.61. The number of hydrogen-bond acceptors (Lipinski definition) is 5. The van der Waals surface area contributed by atoms with E-state index >= 15 is 0 Å². The summed E-state index contributed by atoms with van der Waals surface area (Å²) in [6.45, 7) is 0.0814. The van der Waals surface area contributed by atoms with Gasteiger partial charge in [-0.15, -0.1) is 0 Å². The van der Waals surface area contributed by atoms with E-state index in [4.69, 9.17) is 5.73 Å². The van der Waals surface area contributed by atoms with Crippen molar-refractivity contribution in [1.29, 1.82) is 0 Å². The molecule has 0 atom stereocenters. The molecule has 9 nitrogen and oxygen atoms in total. The van der Waals surface area contributed by atoms with Crippen LogP contribution in [0.25, 0.3) is 0 Å². The Morgan fingerprint density at radius 3 is 2.75 bits per heavy atom. The number of rotatable bonds is 4. The fourth-order valence-corrected chi connectivity index (χ4v) is 1.61. The summed E-state index contributed by atoms with van der Waals surface area (Å²) in [7, 11) is 3.22. The molecule has 2 heterocycles. The van der Waals surface area contributed by atoms with Gasteiger partial charge in [0.1, 0.15) is 6.54 Å². The van der Waals surface area contributed by atoms with Gasteiger partial charge in [0.2, 0.25) is 5.91 Å². The number of aromatic nitrogens is 4. The van der Waals surface area contributed by atoms with E-state index in [1.165, 1.54) is 15.6 Å². The highest BCUT2D eigenvalue weighted by atomic mass is 16.2. The maximum Gasteiger partial charge on any atom is 0.278 e. The van der Waals surface area contributed by atoms with Crippen LogP contribution < -0.4 is 16.4 Å². The van der Waals surface area contributed by atoms with Crippen molar-refractivity contribution >= 4 is 23.2 Å². The van der Waals surface area contributed by atoms with Gasteiger partial charge in [-0.2, -0.15) is 10.2 Å². The molecule has 106 valence electrons. The summed E-state index contributed by atoms with van der Waals surface area (Å²) in [5.74, 6) is -0.609. The minimum Gasteiger partial charge on any atom is -0.396 e. The van der Waals surface area contributed by atoms with Crippen molar-refractivity contribution in [1.82, 2.24) is 24.9 Å². The topological polar surface area (TPSA) is 120 Å². The van der Waals surface area contributed by atoms with E-state index in [1.54, 1.807) is 26.5 Å². The van der Waals surface area contributed by atoms with Gasteiger partial charge in [0.05, 0.1) is 17.6 Å². The fraction of sp³-hybridized carbons (Fsp3) is 0.273. The molecule has 0 aliphatic heterocycles. The van der Waals surface area contributed by atoms with Gasteiger partial charge in [-0.1, -0.05) is 0 Å². The third-order valence-electron chi connectivity index (χ3n) is 2.55. The Morgan fingerprint density at radius 2 is 2.15 bits per heavy atom. The smallest absolute Gasteiger partial charge is 0.278 e. The zero-order chi connectivity index (χ0) is 14.7. The summed E-state index contributed by atoms with van der Waals surface area (Å²) in [6, 6.07) is 0. The molecule has 0 bridgehead atoms. The number of nitrogens with zero attached hydrogens (tertiary/aromatic N) is 4. The number of nitrogens with one attached hydrogen (secondary N) is 2. The normalized spacial score (nSPS) is 10.3. The Bertz CT molecular complexity index is 643. The van der Waals surface area contributed by atoms with Gasteiger partial charge in [0, 0.05) is 26.5 Å². The molecule has 2 aromatic rings. The quantitative estimate of drug-likeness (QED) is 0.675. The molecule has 0 aliphatic carbocycles. The summed E-state index contributed by atoms with van der Waals surface area (Å²) in [6.07, 6.45) is 4.54. The van der Waals surface area contributed by atoms with Crippen LogP contribution in [0.1, 0.15) is 10.5 Å². The monoisotopic (exact) mass is 277 g/mol. The van der Waals surface area contributed by atoms with Crippen LogP contribution in [-0.2, 0) is 18.4 Å². The highest BCUT2D eigenvalue weighted by Gasteiger charge is 2.15. The van der Waals surface area contributed by atoms with Crippen molar-refractivity contribution < 1.29 is 9.59 Å². The van der Waals surface area contributed by atoms with E-state index < -0.39 is 5.91 Å². The molecule has 0 saturated heterocycles. The predicted octanol–water partition coefficient (Wildman–Crippen LogP) is -0.803. The average Bonchev–Trinajstić information content (AvgIpc) is 2.95. The van der Waals surface area contributed by atoms with E-state index in [0.29, 0.717) is 11.4 Å². The maximum absolute atomic E-state index is 12.0. The van der Waals surface area contributed by atoms with Crippen molar-refractivity contribution in [3.63, 3.8) is 0 Å². The van der Waals surface area contributed by atoms with E-state index in [-0.39, 0.29) is 18.1 Å². The first-order chi connectivity index (χ1) is 9.49. The zero-order valence-electron chi connectivity index (χ0n) is 11.1. The lowest BCUT2D eigenvalue weighted by Crippen LogP contribution is -2.23. The number of aryl methyl sites for hydroxylation is 1. The Morgan fingerprint density at radius 1 is 1.40 bits per heavy atom. The largest absolute Gasteiger partial charge is 0.396 e. The minimum atomic E-state index is -0.428. The molecule has 0 saturated carbocycles. The number of anilines is 2. The standard InChI is InChI=1S/C11H15N7O2/c1-13-9(19)6-18-4-7(3-14-18)15-11(20)10-8(12)5-17(2)16-10/h3-5H,6,12H2,1-2H3,(H,13,19)(H,15,20). The van der Waals surface area contributed by atoms with Crippen molar-refractivity contribution in [3.05, 3.63) is 24.3 Å². The molecule has 4 N–H and O–H groups in total. The van der Waals surface area contributed by atoms with Gasteiger partial charge in [0.15, 0.2) is 5.69 Å². The van der Waals surface area contributed by atoms with Crippen LogP contribution in [0.4, 0.5) is 11.4 Å². The van der Waals surface area contributed by atoms with E-state index in [9.17, 15) is 9.59 Å². The van der Waals surface area contributed by atoms with Crippen molar-refractivity contribution in [2.75, 3.05) is 18.1 Å². The molecule has 2 amide bonds. The zero-order valence-corrected chi connectivity index (χ0v) is 11.1. The number of likely N-dealkylation sites (N-methyl/N-ethyl adjacent to an activating group) is 1. The summed E-state index contributed by atoms with van der Waals surface area (Å²) in [4.78, 5) is 23.1. The minimum absolute atomic E-state index is 0.0814. The molecular formula is C11H15N7O2. The summed E-state index contributed by atoms with van der Waals surface area (Å²) in [5.41, 5.74) is 6.57. The van der Waals surface area contributed by atoms with Gasteiger partial charge in [-0.3, -0.25) is 19.0 Å². The van der Waals surface area contributed by atoms with Gasteiger partial charge in [-0.05, 0) is 0 Å². The molecule has 0 spiro atoms. The molecule has 9 heteroatoms. The Hall–Kier alpha value is -2.84. The molecule has 20 heavy (non-hydrogen) atoms. The molecule has 2 aromatic heterocycles. The van der Waals surface area contributed by atoms with E-state index in [0.717, 1.165) is 0 Å². The summed E-state index contributed by atoms with van der Waals surface area (Å²) >= 11 is 0. The van der Waals surface area contributed by atoms with Crippen LogP contribution in [0.3, 0.4) is 0 Å². The number of nitrogen functional groups attached to an aromatic ring is 1. The molecule has 0 fully saturated rings. The van der Waals surface area contributed by atoms with Crippen LogP contribution in [0.15, 0.2) is 18.6 Å². The Balaban J connectivity index is 2.05. The number of nitrogens with two attached hydrogens (primary N) is 1. The van der Waals surface area contributed by atoms with E-state index in [2.05, 4.69) is 20.8 Å². The number of carbonyl (C=O) groups excluding carboxylic acids is 2. The lowest BCUT2D eigenvalue weighted by molar-refractivity contribution is -0.121. The van der Waals surface area contributed by atoms with Gasteiger partial charge in [-0.25, -0.2) is 0 Å². The van der Waals surface area contributed by atoms with Crippen LogP contribution in [0.5, 0.6) is 0 Å². The van der Waals surface area contributed by atoms with Gasteiger partial charge >= 0.3 is 0 Å². The van der Waals surface area contributed by atoms with Crippen molar-refractivity contribution in [2.45, 2.75) is 6.54 Å². The molecule has 0 aromatic carbocycles. The SMILES string of the molecule is CNC(=O)Cn1cc(NC(=O)c2nn(C)cc2N)cn1. The molecule has 0 aliphatic rings. The Kier molecular flexibility index (Phi) is 3.69. The molecular weight excluding hydrogens is 262 g/mol. The number of carbonyl (C=O) groups is 2. The van der Waals surface area contributed by atoms with Gasteiger partial charge in [0.25, 0.3) is 5.91 Å². The molecule has 2 rings (SSSR count). The second-order valence-electron chi connectivity index (χ2n) is 4.16. The van der Waals surface area contributed by atoms with Crippen molar-refractivity contribution in [2.24, 2.45) is 7.05 Å². The van der Waals surface area contributed by atoms with Crippen LogP contribution in [0.2, 0.25) is 0 Å². The predicted molar refractivity (Wildman–Crippen MR) is 71.9 cm³/mol. The third kappa shape index (κ3) is 2.94. The van der Waals surface area contributed by atoms with Gasteiger partial charge < -0.3 is 16.4 Å². The maximum atomic E-state index is 12.0. The second kappa shape index (κ2) is 5.43. The van der Waals surface area contributed by atoms with Crippen LogP contribution in [-0.4, -0.2) is 38.4 Å². The highest BCUT2D eigenvalue weighted by Crippen LogP contribution is 2.12.